The zero-order valence-corrected chi connectivity index (χ0v) is 22.5. The molecule has 0 amide bonds. The van der Waals surface area contributed by atoms with Gasteiger partial charge in [0.2, 0.25) is 0 Å². The predicted octanol–water partition coefficient (Wildman–Crippen LogP) is 6.59. The molecule has 0 radical (unpaired) electrons. The van der Waals surface area contributed by atoms with Gasteiger partial charge in [0, 0.05) is 34.9 Å². The van der Waals surface area contributed by atoms with Crippen molar-refractivity contribution in [3.05, 3.63) is 88.4 Å². The summed E-state index contributed by atoms with van der Waals surface area (Å²) in [5.41, 5.74) is 8.38. The molecule has 0 fully saturated rings. The standard InChI is InChI=1S/C32H29FN2O5/c1-17-12-19(26-10-11-34-32(35-26)38-3)13-18(2)30(17)23-6-8-25(33)31-24(23)7-9-27(31)40-21-4-5-22-20(14-29(36)37)16-39-28(22)15-21/h4-6,8,10-13,15,20,27H,7,9,14,16H2,1-3H3,(H,36,37)/t20-,27-/m1/s1. The van der Waals surface area contributed by atoms with Crippen LogP contribution in [0.25, 0.3) is 22.4 Å². The Morgan fingerprint density at radius 3 is 2.67 bits per heavy atom. The molecule has 1 aromatic heterocycles. The average molecular weight is 541 g/mol. The van der Waals surface area contributed by atoms with Crippen LogP contribution in [0.2, 0.25) is 0 Å². The Kier molecular flexibility index (Phi) is 6.62. The van der Waals surface area contributed by atoms with Gasteiger partial charge in [0.05, 0.1) is 25.8 Å². The lowest BCUT2D eigenvalue weighted by molar-refractivity contribution is -0.137. The van der Waals surface area contributed by atoms with Crippen LogP contribution in [-0.2, 0) is 11.2 Å². The minimum absolute atomic E-state index is 0.0181. The summed E-state index contributed by atoms with van der Waals surface area (Å²) in [6, 6.07) is 15.2. The summed E-state index contributed by atoms with van der Waals surface area (Å²) in [6.07, 6.45) is 2.61. The molecule has 2 aliphatic rings. The van der Waals surface area contributed by atoms with E-state index in [0.29, 0.717) is 42.5 Å². The first kappa shape index (κ1) is 25.8. The quantitative estimate of drug-likeness (QED) is 0.283. The number of ether oxygens (including phenoxy) is 3. The minimum Gasteiger partial charge on any atom is -0.492 e. The van der Waals surface area contributed by atoms with Crippen LogP contribution in [0.4, 0.5) is 4.39 Å². The number of fused-ring (bicyclic) bond motifs is 2. The summed E-state index contributed by atoms with van der Waals surface area (Å²) in [7, 11) is 1.54. The lowest BCUT2D eigenvalue weighted by Gasteiger charge is -2.19. The lowest BCUT2D eigenvalue weighted by atomic mass is 9.88. The first-order valence-electron chi connectivity index (χ1n) is 13.3. The highest BCUT2D eigenvalue weighted by molar-refractivity contribution is 5.79. The molecule has 1 N–H and O–H groups in total. The number of aryl methyl sites for hydroxylation is 2. The molecule has 7 nitrogen and oxygen atoms in total. The highest BCUT2D eigenvalue weighted by Crippen LogP contribution is 2.45. The third kappa shape index (κ3) is 4.63. The van der Waals surface area contributed by atoms with Crippen LogP contribution >= 0.6 is 0 Å². The van der Waals surface area contributed by atoms with Crippen molar-refractivity contribution in [2.75, 3.05) is 13.7 Å². The Bertz CT molecular complexity index is 1610. The number of halogens is 1. The highest BCUT2D eigenvalue weighted by Gasteiger charge is 2.32. The van der Waals surface area contributed by atoms with Gasteiger partial charge in [-0.15, -0.1) is 0 Å². The maximum Gasteiger partial charge on any atom is 0.316 e. The molecule has 8 heteroatoms. The van der Waals surface area contributed by atoms with E-state index in [1.165, 1.54) is 6.07 Å². The number of aliphatic carboxylic acids is 1. The molecule has 4 aromatic rings. The van der Waals surface area contributed by atoms with E-state index in [0.717, 1.165) is 44.6 Å². The summed E-state index contributed by atoms with van der Waals surface area (Å²) in [4.78, 5) is 19.7. The molecule has 6 rings (SSSR count). The number of rotatable bonds is 7. The van der Waals surface area contributed by atoms with Crippen molar-refractivity contribution in [2.24, 2.45) is 0 Å². The van der Waals surface area contributed by atoms with Crippen LogP contribution in [0.5, 0.6) is 17.5 Å². The van der Waals surface area contributed by atoms with E-state index in [2.05, 4.69) is 35.9 Å². The second-order valence-electron chi connectivity index (χ2n) is 10.4. The number of nitrogens with zero attached hydrogens (tertiary/aromatic N) is 2. The van der Waals surface area contributed by atoms with E-state index in [1.54, 1.807) is 19.4 Å². The Labute approximate surface area is 231 Å². The summed E-state index contributed by atoms with van der Waals surface area (Å²) in [6.45, 7) is 4.45. The monoisotopic (exact) mass is 540 g/mol. The average Bonchev–Trinajstić information content (AvgIpc) is 3.54. The normalized spacial score (nSPS) is 17.2. The maximum absolute atomic E-state index is 15.3. The van der Waals surface area contributed by atoms with Gasteiger partial charge in [0.25, 0.3) is 0 Å². The second kappa shape index (κ2) is 10.3. The van der Waals surface area contributed by atoms with Gasteiger partial charge >= 0.3 is 12.0 Å². The van der Waals surface area contributed by atoms with E-state index >= 15 is 4.39 Å². The lowest BCUT2D eigenvalue weighted by Crippen LogP contribution is -2.07. The smallest absolute Gasteiger partial charge is 0.316 e. The molecule has 0 unspecified atom stereocenters. The zero-order chi connectivity index (χ0) is 28.0. The van der Waals surface area contributed by atoms with E-state index < -0.39 is 12.1 Å². The molecule has 2 atom stereocenters. The molecule has 0 spiro atoms. The molecule has 1 aliphatic heterocycles. The second-order valence-corrected chi connectivity index (χ2v) is 10.4. The fourth-order valence-electron chi connectivity index (χ4n) is 6.04. The van der Waals surface area contributed by atoms with Gasteiger partial charge in [-0.3, -0.25) is 4.79 Å². The van der Waals surface area contributed by atoms with E-state index in [9.17, 15) is 4.79 Å². The number of hydrogen-bond acceptors (Lipinski definition) is 6. The number of hydrogen-bond donors (Lipinski definition) is 1. The highest BCUT2D eigenvalue weighted by atomic mass is 19.1. The number of aromatic nitrogens is 2. The van der Waals surface area contributed by atoms with Crippen molar-refractivity contribution in [2.45, 2.75) is 45.1 Å². The van der Waals surface area contributed by atoms with E-state index in [4.69, 9.17) is 19.3 Å². The van der Waals surface area contributed by atoms with Crippen molar-refractivity contribution < 1.29 is 28.5 Å². The Balaban J connectivity index is 1.31. The van der Waals surface area contributed by atoms with E-state index in [1.807, 2.05) is 24.3 Å². The van der Waals surface area contributed by atoms with E-state index in [-0.39, 0.29) is 18.2 Å². The van der Waals surface area contributed by atoms with Crippen molar-refractivity contribution in [1.29, 1.82) is 0 Å². The van der Waals surface area contributed by atoms with Gasteiger partial charge in [-0.1, -0.05) is 12.1 Å². The molecule has 2 heterocycles. The number of carboxylic acids is 1. The maximum atomic E-state index is 15.3. The third-order valence-corrected chi connectivity index (χ3v) is 7.76. The SMILES string of the molecule is COc1nccc(-c2cc(C)c(-c3ccc(F)c4c3CC[C@H]4Oc3ccc4c(c3)OC[C@H]4CC(=O)O)c(C)c2)n1. The van der Waals surface area contributed by atoms with Crippen molar-refractivity contribution in [3.8, 4) is 39.9 Å². The predicted molar refractivity (Wildman–Crippen MR) is 148 cm³/mol. The molecular formula is C32H29FN2O5. The van der Waals surface area contributed by atoms with Crippen LogP contribution in [0.3, 0.4) is 0 Å². The number of benzene rings is 3. The van der Waals surface area contributed by atoms with Gasteiger partial charge in [0.1, 0.15) is 23.4 Å². The third-order valence-electron chi connectivity index (χ3n) is 7.76. The zero-order valence-electron chi connectivity index (χ0n) is 22.5. The first-order chi connectivity index (χ1) is 19.3. The van der Waals surface area contributed by atoms with Gasteiger partial charge in [-0.05, 0) is 84.8 Å². The van der Waals surface area contributed by atoms with Crippen LogP contribution in [0.1, 0.15) is 52.7 Å². The summed E-state index contributed by atoms with van der Waals surface area (Å²) in [5, 5.41) is 9.16. The Morgan fingerprint density at radius 2 is 1.93 bits per heavy atom. The molecule has 0 bridgehead atoms. The van der Waals surface area contributed by atoms with Crippen molar-refractivity contribution >= 4 is 5.97 Å². The van der Waals surface area contributed by atoms with Crippen LogP contribution in [0.15, 0.2) is 54.7 Å². The fraction of sp³-hybridized carbons (Fsp3) is 0.281. The molecule has 3 aromatic carbocycles. The molecule has 1 aliphatic carbocycles. The molecule has 0 saturated carbocycles. The molecule has 0 saturated heterocycles. The first-order valence-corrected chi connectivity index (χ1v) is 13.3. The van der Waals surface area contributed by atoms with Gasteiger partial charge in [-0.25, -0.2) is 9.37 Å². The number of methoxy groups -OCH3 is 1. The van der Waals surface area contributed by atoms with Crippen LogP contribution in [0, 0.1) is 19.7 Å². The number of carbonyl (C=O) groups is 1. The topological polar surface area (TPSA) is 90.8 Å². The minimum atomic E-state index is -0.856. The van der Waals surface area contributed by atoms with Crippen LogP contribution < -0.4 is 14.2 Å². The number of carboxylic acid groups (broad SMARTS) is 1. The Hall–Kier alpha value is -4.46. The van der Waals surface area contributed by atoms with Gasteiger partial charge in [-0.2, -0.15) is 4.98 Å². The summed E-state index contributed by atoms with van der Waals surface area (Å²) >= 11 is 0. The van der Waals surface area contributed by atoms with Crippen LogP contribution in [-0.4, -0.2) is 34.8 Å². The van der Waals surface area contributed by atoms with Gasteiger partial charge < -0.3 is 19.3 Å². The van der Waals surface area contributed by atoms with Crippen molar-refractivity contribution in [3.63, 3.8) is 0 Å². The summed E-state index contributed by atoms with van der Waals surface area (Å²) < 4.78 is 32.5. The Morgan fingerprint density at radius 1 is 1.12 bits per heavy atom. The largest absolute Gasteiger partial charge is 0.492 e. The molecular weight excluding hydrogens is 511 g/mol. The summed E-state index contributed by atoms with van der Waals surface area (Å²) in [5.74, 6) is -0.105. The van der Waals surface area contributed by atoms with Gasteiger partial charge in [0.15, 0.2) is 0 Å². The fourth-order valence-corrected chi connectivity index (χ4v) is 6.04. The molecule has 204 valence electrons. The molecule has 40 heavy (non-hydrogen) atoms. The van der Waals surface area contributed by atoms with Crippen molar-refractivity contribution in [1.82, 2.24) is 9.97 Å².